The summed E-state index contributed by atoms with van der Waals surface area (Å²) in [6.45, 7) is -0.469. The number of amides is 3. The van der Waals surface area contributed by atoms with Crippen LogP contribution in [0, 0.1) is 11.8 Å². The van der Waals surface area contributed by atoms with Crippen molar-refractivity contribution in [3.63, 3.8) is 0 Å². The van der Waals surface area contributed by atoms with Gasteiger partial charge in [-0.2, -0.15) is 0 Å². The van der Waals surface area contributed by atoms with Gasteiger partial charge >= 0.3 is 0 Å². The van der Waals surface area contributed by atoms with Gasteiger partial charge in [-0.1, -0.05) is 76.1 Å². The Bertz CT molecular complexity index is 1340. The summed E-state index contributed by atoms with van der Waals surface area (Å²) in [5.41, 5.74) is 3.23. The lowest BCUT2D eigenvalue weighted by atomic mass is 9.54. The first-order valence-corrected chi connectivity index (χ1v) is 12.8. The molecule has 2 bridgehead atoms. The second-order valence-electron chi connectivity index (χ2n) is 8.91. The van der Waals surface area contributed by atoms with Gasteiger partial charge in [0.2, 0.25) is 17.7 Å². The number of anilines is 1. The quantitative estimate of drug-likeness (QED) is 0.318. The first-order valence-electron chi connectivity index (χ1n) is 10.9. The number of carbonyl (C=O) groups is 3. The van der Waals surface area contributed by atoms with E-state index >= 15 is 0 Å². The molecule has 3 aromatic rings. The van der Waals surface area contributed by atoms with Gasteiger partial charge in [0.1, 0.15) is 16.3 Å². The van der Waals surface area contributed by atoms with E-state index in [9.17, 15) is 14.4 Å². The Morgan fingerprint density at radius 1 is 0.857 bits per heavy atom. The molecular weight excluding hydrogens is 575 g/mol. The van der Waals surface area contributed by atoms with E-state index in [-0.39, 0.29) is 0 Å². The van der Waals surface area contributed by atoms with E-state index < -0.39 is 45.9 Å². The largest absolute Gasteiger partial charge is 0.323 e. The second-order valence-corrected chi connectivity index (χ2v) is 11.4. The summed E-state index contributed by atoms with van der Waals surface area (Å²) in [6, 6.07) is 19.8. The van der Waals surface area contributed by atoms with Crippen LogP contribution < -0.4 is 5.32 Å². The molecule has 5 nitrogen and oxygen atoms in total. The number of halogens is 4. The van der Waals surface area contributed by atoms with E-state index in [0.29, 0.717) is 33.0 Å². The van der Waals surface area contributed by atoms with Crippen LogP contribution in [0.15, 0.2) is 71.2 Å². The molecule has 3 amide bonds. The lowest BCUT2D eigenvalue weighted by Gasteiger charge is -2.54. The fourth-order valence-corrected chi connectivity index (χ4v) is 7.62. The molecule has 7 rings (SSSR count). The Morgan fingerprint density at radius 3 is 1.74 bits per heavy atom. The molecule has 0 radical (unpaired) electrons. The second kappa shape index (κ2) is 7.81. The van der Waals surface area contributed by atoms with E-state index in [4.69, 9.17) is 34.8 Å². The van der Waals surface area contributed by atoms with Crippen molar-refractivity contribution in [3.8, 4) is 0 Å². The molecule has 2 atom stereocenters. The molecule has 1 saturated heterocycles. The van der Waals surface area contributed by atoms with Gasteiger partial charge in [0.25, 0.3) is 0 Å². The lowest BCUT2D eigenvalue weighted by Crippen LogP contribution is -2.57. The monoisotopic (exact) mass is 588 g/mol. The van der Waals surface area contributed by atoms with E-state index in [1.165, 1.54) is 0 Å². The third-order valence-corrected chi connectivity index (χ3v) is 9.27. The number of carbonyl (C=O) groups excluding carboxylic acids is 3. The Morgan fingerprint density at radius 2 is 1.31 bits per heavy atom. The van der Waals surface area contributed by atoms with E-state index in [1.807, 2.05) is 48.5 Å². The SMILES string of the molecule is O=C(CN1C(=O)[C@@H]2[C@@H](C1=O)C1(Cl)c3ccccc3C2(Cl)c2ccccc21)Nc1ccc(Br)cc1Cl. The third kappa shape index (κ3) is 2.97. The Balaban J connectivity index is 1.41. The summed E-state index contributed by atoms with van der Waals surface area (Å²) >= 11 is 24.3. The van der Waals surface area contributed by atoms with Gasteiger partial charge in [0, 0.05) is 4.47 Å². The number of nitrogens with zero attached hydrogens (tertiary/aromatic N) is 1. The minimum atomic E-state index is -1.28. The smallest absolute Gasteiger partial charge is 0.244 e. The van der Waals surface area contributed by atoms with Crippen molar-refractivity contribution in [2.75, 3.05) is 11.9 Å². The zero-order valence-corrected chi connectivity index (χ0v) is 21.8. The molecule has 1 aliphatic heterocycles. The summed E-state index contributed by atoms with van der Waals surface area (Å²) in [5, 5.41) is 3.00. The minimum Gasteiger partial charge on any atom is -0.323 e. The summed E-state index contributed by atoms with van der Waals surface area (Å²) in [5.74, 6) is -3.46. The molecule has 3 aliphatic carbocycles. The number of benzene rings is 3. The maximum absolute atomic E-state index is 13.8. The van der Waals surface area contributed by atoms with Crippen LogP contribution in [0.3, 0.4) is 0 Å². The van der Waals surface area contributed by atoms with Gasteiger partial charge in [-0.05, 0) is 40.5 Å². The van der Waals surface area contributed by atoms with Crippen LogP contribution in [-0.2, 0) is 24.1 Å². The fourth-order valence-electron chi connectivity index (χ4n) is 5.80. The molecule has 0 spiro atoms. The highest BCUT2D eigenvalue weighted by atomic mass is 79.9. The molecule has 4 aliphatic rings. The van der Waals surface area contributed by atoms with Crippen molar-refractivity contribution < 1.29 is 14.4 Å². The Kier molecular flexibility index (Phi) is 5.14. The molecule has 3 aromatic carbocycles. The highest BCUT2D eigenvalue weighted by molar-refractivity contribution is 9.10. The Labute approximate surface area is 224 Å². The minimum absolute atomic E-state index is 0.323. The van der Waals surface area contributed by atoms with E-state index in [2.05, 4.69) is 21.2 Å². The summed E-state index contributed by atoms with van der Waals surface area (Å²) in [4.78, 5) is 38.8. The zero-order chi connectivity index (χ0) is 24.7. The standard InChI is InChI=1S/C26H16BrCl3N2O3/c27-13-9-10-19(18(28)11-13)31-20(33)12-32-23(34)21-22(24(32)35)26(30)15-6-2-1-5-14(15)25(21,29)16-7-3-4-8-17(16)26/h1-11,21-22H,12H2,(H,31,33)/t21-,22-,25?,26?/m0/s1. The first-order chi connectivity index (χ1) is 16.7. The lowest BCUT2D eigenvalue weighted by molar-refractivity contribution is -0.142. The number of rotatable bonds is 3. The van der Waals surface area contributed by atoms with E-state index in [1.54, 1.807) is 18.2 Å². The topological polar surface area (TPSA) is 66.5 Å². The van der Waals surface area contributed by atoms with Crippen LogP contribution >= 0.6 is 50.7 Å². The molecule has 1 heterocycles. The van der Waals surface area contributed by atoms with Gasteiger partial charge in [0.05, 0.1) is 22.5 Å². The number of nitrogens with one attached hydrogen (secondary N) is 1. The zero-order valence-electron chi connectivity index (χ0n) is 17.9. The van der Waals surface area contributed by atoms with Crippen LogP contribution in [0.25, 0.3) is 0 Å². The number of alkyl halides is 2. The van der Waals surface area contributed by atoms with Gasteiger partial charge in [-0.15, -0.1) is 23.2 Å². The molecule has 0 aromatic heterocycles. The van der Waals surface area contributed by atoms with Crippen molar-refractivity contribution in [2.45, 2.75) is 9.75 Å². The van der Waals surface area contributed by atoms with Crippen molar-refractivity contribution in [1.29, 1.82) is 0 Å². The third-order valence-electron chi connectivity index (χ3n) is 7.18. The Hall–Kier alpha value is -2.38. The maximum atomic E-state index is 13.8. The van der Waals surface area contributed by atoms with Crippen molar-refractivity contribution in [3.05, 3.63) is 98.5 Å². The van der Waals surface area contributed by atoms with Crippen molar-refractivity contribution in [2.24, 2.45) is 11.8 Å². The average Bonchev–Trinajstić information content (AvgIpc) is 3.10. The van der Waals surface area contributed by atoms with Crippen LogP contribution in [-0.4, -0.2) is 29.2 Å². The predicted octanol–water partition coefficient (Wildman–Crippen LogP) is 5.63. The summed E-state index contributed by atoms with van der Waals surface area (Å²) < 4.78 is 0.754. The first kappa shape index (κ1) is 23.0. The number of hydrogen-bond acceptors (Lipinski definition) is 3. The molecule has 1 fully saturated rings. The molecule has 9 heteroatoms. The van der Waals surface area contributed by atoms with Crippen LogP contribution in [0.5, 0.6) is 0 Å². The van der Waals surface area contributed by atoms with Crippen LogP contribution in [0.2, 0.25) is 5.02 Å². The highest BCUT2D eigenvalue weighted by Gasteiger charge is 2.73. The predicted molar refractivity (Wildman–Crippen MR) is 138 cm³/mol. The van der Waals surface area contributed by atoms with Gasteiger partial charge < -0.3 is 5.32 Å². The van der Waals surface area contributed by atoms with Crippen molar-refractivity contribution >= 4 is 74.1 Å². The molecular formula is C26H16BrCl3N2O3. The molecule has 0 unspecified atom stereocenters. The number of imide groups is 1. The van der Waals surface area contributed by atoms with Crippen molar-refractivity contribution in [1.82, 2.24) is 4.90 Å². The van der Waals surface area contributed by atoms with Gasteiger partial charge in [-0.3, -0.25) is 19.3 Å². The van der Waals surface area contributed by atoms with E-state index in [0.717, 1.165) is 9.37 Å². The summed E-state index contributed by atoms with van der Waals surface area (Å²) in [7, 11) is 0. The maximum Gasteiger partial charge on any atom is 0.244 e. The normalized spacial score (nSPS) is 27.9. The highest BCUT2D eigenvalue weighted by Crippen LogP contribution is 2.69. The molecule has 35 heavy (non-hydrogen) atoms. The molecule has 1 N–H and O–H groups in total. The summed E-state index contributed by atoms with van der Waals surface area (Å²) in [6.07, 6.45) is 0. The average molecular weight is 591 g/mol. The molecule has 0 saturated carbocycles. The van der Waals surface area contributed by atoms with Crippen LogP contribution in [0.4, 0.5) is 5.69 Å². The fraction of sp³-hybridized carbons (Fsp3) is 0.192. The molecule has 176 valence electrons. The van der Waals surface area contributed by atoms with Crippen LogP contribution in [0.1, 0.15) is 22.3 Å². The van der Waals surface area contributed by atoms with Gasteiger partial charge in [0.15, 0.2) is 0 Å². The number of likely N-dealkylation sites (tertiary alicyclic amines) is 1. The number of hydrogen-bond donors (Lipinski definition) is 1. The van der Waals surface area contributed by atoms with Gasteiger partial charge in [-0.25, -0.2) is 0 Å².